The van der Waals surface area contributed by atoms with Gasteiger partial charge < -0.3 is 20.4 Å². The molecule has 0 bridgehead atoms. The van der Waals surface area contributed by atoms with Crippen molar-refractivity contribution in [2.24, 2.45) is 0 Å². The van der Waals surface area contributed by atoms with Gasteiger partial charge in [0.15, 0.2) is 0 Å². The van der Waals surface area contributed by atoms with Gasteiger partial charge in [-0.05, 0) is 6.92 Å². The lowest BCUT2D eigenvalue weighted by atomic mass is 10.1. The molecule has 0 aromatic heterocycles. The van der Waals surface area contributed by atoms with Crippen molar-refractivity contribution in [1.29, 1.82) is 0 Å². The van der Waals surface area contributed by atoms with Crippen molar-refractivity contribution < 1.29 is 20.4 Å². The van der Waals surface area contributed by atoms with Crippen molar-refractivity contribution in [3.63, 3.8) is 0 Å². The average Bonchev–Trinajstić information content (AvgIpc) is 2.00. The largest absolute Gasteiger partial charge is 0.391 e. The van der Waals surface area contributed by atoms with Gasteiger partial charge >= 0.3 is 0 Å². The summed E-state index contributed by atoms with van der Waals surface area (Å²) in [6.07, 6.45) is -5.21. The zero-order valence-corrected chi connectivity index (χ0v) is 8.36. The first-order valence-corrected chi connectivity index (χ1v) is 4.49. The molecule has 0 saturated carbocycles. The van der Waals surface area contributed by atoms with E-state index in [9.17, 15) is 0 Å². The van der Waals surface area contributed by atoms with Crippen LogP contribution in [0.3, 0.4) is 0 Å². The molecule has 4 N–H and O–H groups in total. The summed E-state index contributed by atoms with van der Waals surface area (Å²) >= 11 is 7.51. The van der Waals surface area contributed by atoms with Crippen LogP contribution in [0.1, 0.15) is 6.92 Å². The third-order valence-corrected chi connectivity index (χ3v) is 2.11. The predicted molar refractivity (Wildman–Crippen MR) is 51.5 cm³/mol. The molecule has 0 saturated heterocycles. The summed E-state index contributed by atoms with van der Waals surface area (Å²) in [4.78, 5) is 0. The van der Waals surface area contributed by atoms with Crippen molar-refractivity contribution in [2.75, 3.05) is 0 Å². The number of aliphatic hydroxyl groups is 4. The molecule has 0 aromatic rings. The van der Waals surface area contributed by atoms with Gasteiger partial charge in [-0.25, -0.2) is 0 Å². The van der Waals surface area contributed by atoms with Crippen LogP contribution in [-0.4, -0.2) is 49.4 Å². The van der Waals surface area contributed by atoms with Crippen molar-refractivity contribution in [1.82, 2.24) is 0 Å². The van der Waals surface area contributed by atoms with Crippen LogP contribution < -0.4 is 0 Å². The summed E-state index contributed by atoms with van der Waals surface area (Å²) in [5.74, 6) is 0. The second kappa shape index (κ2) is 5.31. The second-order valence-electron chi connectivity index (χ2n) is 2.63. The van der Waals surface area contributed by atoms with Crippen LogP contribution in [0.2, 0.25) is 0 Å². The second-order valence-corrected chi connectivity index (χ2v) is 4.15. The Morgan fingerprint density at radius 1 is 0.833 bits per heavy atom. The minimum Gasteiger partial charge on any atom is -0.391 e. The maximum Gasteiger partial charge on any atom is 0.110 e. The lowest BCUT2D eigenvalue weighted by molar-refractivity contribution is -0.0950. The number of hydrogen-bond acceptors (Lipinski definition) is 6. The molecule has 6 heteroatoms. The van der Waals surface area contributed by atoms with Gasteiger partial charge in [0.25, 0.3) is 0 Å². The Kier molecular flexibility index (Phi) is 5.55. The van der Waals surface area contributed by atoms with E-state index in [4.69, 9.17) is 20.4 Å². The van der Waals surface area contributed by atoms with Gasteiger partial charge in [-0.1, -0.05) is 0 Å². The molecule has 4 nitrogen and oxygen atoms in total. The highest BCUT2D eigenvalue weighted by Gasteiger charge is 2.30. The summed E-state index contributed by atoms with van der Waals surface area (Å²) in [5, 5.41) is 36.2. The Morgan fingerprint density at radius 2 is 1.25 bits per heavy atom. The van der Waals surface area contributed by atoms with E-state index in [1.807, 2.05) is 0 Å². The molecule has 0 fully saturated rings. The lowest BCUT2D eigenvalue weighted by Crippen LogP contribution is -2.45. The lowest BCUT2D eigenvalue weighted by Gasteiger charge is -2.26. The smallest absolute Gasteiger partial charge is 0.110 e. The minimum atomic E-state index is -1.44. The highest BCUT2D eigenvalue weighted by Crippen LogP contribution is 2.14. The van der Waals surface area contributed by atoms with Crippen molar-refractivity contribution in [3.8, 4) is 0 Å². The van der Waals surface area contributed by atoms with Crippen LogP contribution in [-0.2, 0) is 0 Å². The molecule has 0 radical (unpaired) electrons. The first kappa shape index (κ1) is 12.5. The van der Waals surface area contributed by atoms with Gasteiger partial charge in [-0.2, -0.15) is 25.3 Å². The van der Waals surface area contributed by atoms with E-state index < -0.39 is 29.0 Å². The average molecular weight is 214 g/mol. The van der Waals surface area contributed by atoms with Crippen molar-refractivity contribution in [2.45, 2.75) is 35.9 Å². The molecule has 12 heavy (non-hydrogen) atoms. The molecular formula is C6H14O4S2. The third-order valence-electron chi connectivity index (χ3n) is 1.50. The fourth-order valence-corrected chi connectivity index (χ4v) is 1.02. The Labute approximate surface area is 82.1 Å². The zero-order chi connectivity index (χ0) is 9.89. The molecule has 0 aliphatic rings. The summed E-state index contributed by atoms with van der Waals surface area (Å²) in [7, 11) is 0. The van der Waals surface area contributed by atoms with Gasteiger partial charge in [-0.3, -0.25) is 0 Å². The summed E-state index contributed by atoms with van der Waals surface area (Å²) < 4.78 is -0.756. The topological polar surface area (TPSA) is 80.9 Å². The van der Waals surface area contributed by atoms with Gasteiger partial charge in [0.1, 0.15) is 18.3 Å². The zero-order valence-electron chi connectivity index (χ0n) is 6.57. The standard InChI is InChI=1S/C6H14O4S2/c1-2(7)3(8)4(9)5(10)6(11)12/h2-12H,1H3/t2-,3-,4+,5?/m0/s1. The number of rotatable bonds is 4. The molecule has 0 heterocycles. The molecule has 74 valence electrons. The van der Waals surface area contributed by atoms with Gasteiger partial charge in [-0.15, -0.1) is 0 Å². The summed E-state index contributed by atoms with van der Waals surface area (Å²) in [6.45, 7) is 1.31. The molecule has 0 aliphatic heterocycles. The van der Waals surface area contributed by atoms with Crippen LogP contribution in [0.25, 0.3) is 0 Å². The number of thiol groups is 2. The molecule has 4 atom stereocenters. The normalized spacial score (nSPS) is 22.0. The fraction of sp³-hybridized carbons (Fsp3) is 1.00. The Hall–Kier alpha value is 0.540. The maximum absolute atomic E-state index is 9.17. The van der Waals surface area contributed by atoms with Crippen LogP contribution in [0.4, 0.5) is 0 Å². The van der Waals surface area contributed by atoms with E-state index in [1.54, 1.807) is 0 Å². The quantitative estimate of drug-likeness (QED) is 0.258. The summed E-state index contributed by atoms with van der Waals surface area (Å²) in [5.41, 5.74) is 0. The Balaban J connectivity index is 4.08. The van der Waals surface area contributed by atoms with E-state index in [2.05, 4.69) is 25.3 Å². The number of aliphatic hydroxyl groups excluding tert-OH is 4. The first-order valence-electron chi connectivity index (χ1n) is 3.46. The maximum atomic E-state index is 9.17. The van der Waals surface area contributed by atoms with Crippen LogP contribution in [0.5, 0.6) is 0 Å². The highest BCUT2D eigenvalue weighted by molar-refractivity contribution is 7.99. The van der Waals surface area contributed by atoms with Gasteiger partial charge in [0, 0.05) is 0 Å². The fourth-order valence-electron chi connectivity index (χ4n) is 0.664. The molecule has 0 aromatic carbocycles. The van der Waals surface area contributed by atoms with Crippen molar-refractivity contribution >= 4 is 25.3 Å². The molecular weight excluding hydrogens is 200 g/mol. The third kappa shape index (κ3) is 3.51. The van der Waals surface area contributed by atoms with Crippen LogP contribution in [0.15, 0.2) is 0 Å². The van der Waals surface area contributed by atoms with Gasteiger partial charge in [0.05, 0.1) is 10.7 Å². The van der Waals surface area contributed by atoms with Crippen LogP contribution >= 0.6 is 25.3 Å². The SMILES string of the molecule is C[C@H](O)[C@H](O)[C@@H](O)C(O)C(S)S. The Bertz CT molecular complexity index is 117. The van der Waals surface area contributed by atoms with E-state index >= 15 is 0 Å². The monoisotopic (exact) mass is 214 g/mol. The van der Waals surface area contributed by atoms with E-state index in [0.29, 0.717) is 0 Å². The Morgan fingerprint density at radius 3 is 1.50 bits per heavy atom. The van der Waals surface area contributed by atoms with Gasteiger partial charge in [0.2, 0.25) is 0 Å². The predicted octanol–water partition coefficient (Wildman–Crippen LogP) is -1.36. The molecule has 0 spiro atoms. The van der Waals surface area contributed by atoms with Crippen molar-refractivity contribution in [3.05, 3.63) is 0 Å². The van der Waals surface area contributed by atoms with E-state index in [0.717, 1.165) is 0 Å². The minimum absolute atomic E-state index is 0.756. The molecule has 0 aliphatic carbocycles. The molecule has 1 unspecified atom stereocenters. The first-order chi connectivity index (χ1) is 5.37. The molecule has 0 rings (SSSR count). The summed E-state index contributed by atoms with van der Waals surface area (Å²) in [6, 6.07) is 0. The molecule has 0 amide bonds. The highest BCUT2D eigenvalue weighted by atomic mass is 32.2. The van der Waals surface area contributed by atoms with E-state index in [1.165, 1.54) is 6.92 Å². The van der Waals surface area contributed by atoms with E-state index in [-0.39, 0.29) is 0 Å². The van der Waals surface area contributed by atoms with Crippen LogP contribution in [0, 0.1) is 0 Å². The number of hydrogen-bond donors (Lipinski definition) is 6.